The van der Waals surface area contributed by atoms with Crippen LogP contribution in [0.5, 0.6) is 0 Å². The molecule has 0 unspecified atom stereocenters. The van der Waals surface area contributed by atoms with E-state index in [1.165, 1.54) is 0 Å². The van der Waals surface area contributed by atoms with Gasteiger partial charge in [0, 0.05) is 15.3 Å². The number of hydrogen-bond acceptors (Lipinski definition) is 3. The van der Waals surface area contributed by atoms with Crippen molar-refractivity contribution in [2.45, 2.75) is 11.8 Å². The summed E-state index contributed by atoms with van der Waals surface area (Å²) in [6.07, 6.45) is 0.624. The lowest BCUT2D eigenvalue weighted by molar-refractivity contribution is 0.117. The van der Waals surface area contributed by atoms with E-state index >= 15 is 0 Å². The van der Waals surface area contributed by atoms with Crippen molar-refractivity contribution < 1.29 is 10.2 Å². The zero-order chi connectivity index (χ0) is 13.0. The molecule has 0 radical (unpaired) electrons. The molecule has 0 spiro atoms. The summed E-state index contributed by atoms with van der Waals surface area (Å²) in [5.74, 6) is 0. The van der Waals surface area contributed by atoms with Crippen LogP contribution in [0.15, 0.2) is 41.8 Å². The molecule has 0 aliphatic heterocycles. The Hall–Kier alpha value is -0.870. The summed E-state index contributed by atoms with van der Waals surface area (Å²) in [7, 11) is 0. The lowest BCUT2D eigenvalue weighted by atomic mass is 9.78. The van der Waals surface area contributed by atoms with E-state index in [1.54, 1.807) is 23.5 Å². The predicted octanol–water partition coefficient (Wildman–Crippen LogP) is 2.87. The molecule has 0 fully saturated rings. The number of aliphatic hydroxyl groups is 2. The normalized spacial score (nSPS) is 11.7. The summed E-state index contributed by atoms with van der Waals surface area (Å²) in [5, 5.41) is 22.1. The molecule has 4 heteroatoms. The number of benzene rings is 1. The van der Waals surface area contributed by atoms with Crippen molar-refractivity contribution in [2.24, 2.45) is 0 Å². The molecule has 2 N–H and O–H groups in total. The maximum absolute atomic E-state index is 9.71. The van der Waals surface area contributed by atoms with E-state index < -0.39 is 5.41 Å². The predicted molar refractivity (Wildman–Crippen MR) is 75.3 cm³/mol. The molecule has 0 aliphatic carbocycles. The third-order valence-electron chi connectivity index (χ3n) is 3.15. The van der Waals surface area contributed by atoms with E-state index in [0.29, 0.717) is 11.4 Å². The maximum Gasteiger partial charge on any atom is 0.0553 e. The van der Waals surface area contributed by atoms with Gasteiger partial charge in [-0.1, -0.05) is 29.8 Å². The molecule has 1 aromatic carbocycles. The Bertz CT molecular complexity index is 475. The highest BCUT2D eigenvalue weighted by Crippen LogP contribution is 2.30. The quantitative estimate of drug-likeness (QED) is 0.885. The molecule has 0 aliphatic rings. The second kappa shape index (κ2) is 5.85. The van der Waals surface area contributed by atoms with Crippen LogP contribution in [-0.2, 0) is 11.8 Å². The number of rotatable bonds is 5. The second-order valence-corrected chi connectivity index (χ2v) is 5.83. The lowest BCUT2D eigenvalue weighted by Gasteiger charge is -2.30. The number of aliphatic hydroxyl groups excluding tert-OH is 2. The molecule has 1 heterocycles. The standard InChI is InChI=1S/C14H15ClO2S/c15-12-5-3-11(4-6-12)14(9-16,10-17)8-13-2-1-7-18-13/h1-7,16-17H,8-10H2. The molecule has 2 nitrogen and oxygen atoms in total. The Labute approximate surface area is 115 Å². The molecule has 96 valence electrons. The topological polar surface area (TPSA) is 40.5 Å². The van der Waals surface area contributed by atoms with Crippen molar-refractivity contribution in [2.75, 3.05) is 13.2 Å². The van der Waals surface area contributed by atoms with E-state index in [-0.39, 0.29) is 13.2 Å². The SMILES string of the molecule is OCC(CO)(Cc1cccs1)c1ccc(Cl)cc1. The minimum absolute atomic E-state index is 0.0942. The van der Waals surface area contributed by atoms with E-state index in [9.17, 15) is 10.2 Å². The van der Waals surface area contributed by atoms with Crippen LogP contribution in [0.2, 0.25) is 5.02 Å². The van der Waals surface area contributed by atoms with E-state index in [4.69, 9.17) is 11.6 Å². The van der Waals surface area contributed by atoms with Gasteiger partial charge in [0.25, 0.3) is 0 Å². The summed E-state index contributed by atoms with van der Waals surface area (Å²) in [6, 6.07) is 11.3. The van der Waals surface area contributed by atoms with Crippen molar-refractivity contribution in [3.63, 3.8) is 0 Å². The molecule has 0 saturated carbocycles. The van der Waals surface area contributed by atoms with E-state index in [1.807, 2.05) is 29.6 Å². The molecular weight excluding hydrogens is 268 g/mol. The minimum atomic E-state index is -0.643. The molecule has 2 rings (SSSR count). The fourth-order valence-corrected chi connectivity index (χ4v) is 2.97. The zero-order valence-electron chi connectivity index (χ0n) is 9.84. The van der Waals surface area contributed by atoms with Crippen LogP contribution in [0.3, 0.4) is 0 Å². The summed E-state index contributed by atoms with van der Waals surface area (Å²) in [4.78, 5) is 1.15. The summed E-state index contributed by atoms with van der Waals surface area (Å²) < 4.78 is 0. The van der Waals surface area contributed by atoms with Crippen molar-refractivity contribution in [3.8, 4) is 0 Å². The average Bonchev–Trinajstić information content (AvgIpc) is 2.90. The first-order valence-electron chi connectivity index (χ1n) is 5.70. The van der Waals surface area contributed by atoms with Gasteiger partial charge >= 0.3 is 0 Å². The highest BCUT2D eigenvalue weighted by atomic mass is 35.5. The monoisotopic (exact) mass is 282 g/mol. The van der Waals surface area contributed by atoms with Crippen LogP contribution in [-0.4, -0.2) is 23.4 Å². The van der Waals surface area contributed by atoms with Gasteiger partial charge in [-0.15, -0.1) is 11.3 Å². The maximum atomic E-state index is 9.71. The zero-order valence-corrected chi connectivity index (χ0v) is 11.4. The Balaban J connectivity index is 2.33. The molecule has 1 aromatic heterocycles. The van der Waals surface area contributed by atoms with Gasteiger partial charge in [0.15, 0.2) is 0 Å². The van der Waals surface area contributed by atoms with Crippen molar-refractivity contribution >= 4 is 22.9 Å². The number of halogens is 1. The lowest BCUT2D eigenvalue weighted by Crippen LogP contribution is -2.37. The molecule has 2 aromatic rings. The molecule has 0 atom stereocenters. The fourth-order valence-electron chi connectivity index (χ4n) is 2.00. The van der Waals surface area contributed by atoms with Crippen LogP contribution in [0.25, 0.3) is 0 Å². The third kappa shape index (κ3) is 2.75. The van der Waals surface area contributed by atoms with Gasteiger partial charge in [0.2, 0.25) is 0 Å². The van der Waals surface area contributed by atoms with Crippen molar-refractivity contribution in [3.05, 3.63) is 57.2 Å². The van der Waals surface area contributed by atoms with Gasteiger partial charge in [-0.2, -0.15) is 0 Å². The van der Waals surface area contributed by atoms with Gasteiger partial charge in [-0.3, -0.25) is 0 Å². The van der Waals surface area contributed by atoms with Crippen LogP contribution >= 0.6 is 22.9 Å². The van der Waals surface area contributed by atoms with Crippen LogP contribution in [0, 0.1) is 0 Å². The fraction of sp³-hybridized carbons (Fsp3) is 0.286. The summed E-state index contributed by atoms with van der Waals surface area (Å²) in [5.41, 5.74) is 0.264. The van der Waals surface area contributed by atoms with Gasteiger partial charge in [0.1, 0.15) is 0 Å². The van der Waals surface area contributed by atoms with Gasteiger partial charge in [-0.05, 0) is 35.6 Å². The molecule has 0 saturated heterocycles. The smallest absolute Gasteiger partial charge is 0.0553 e. The summed E-state index contributed by atoms with van der Waals surface area (Å²) in [6.45, 7) is -0.188. The van der Waals surface area contributed by atoms with Crippen molar-refractivity contribution in [1.29, 1.82) is 0 Å². The molecule has 0 bridgehead atoms. The van der Waals surface area contributed by atoms with E-state index in [2.05, 4.69) is 0 Å². The largest absolute Gasteiger partial charge is 0.395 e. The van der Waals surface area contributed by atoms with Gasteiger partial charge < -0.3 is 10.2 Å². The number of thiophene rings is 1. The Kier molecular flexibility index (Phi) is 4.40. The van der Waals surface area contributed by atoms with Gasteiger partial charge in [0.05, 0.1) is 13.2 Å². The molecule has 0 amide bonds. The summed E-state index contributed by atoms with van der Waals surface area (Å²) >= 11 is 7.50. The number of hydrogen-bond donors (Lipinski definition) is 2. The third-order valence-corrected chi connectivity index (χ3v) is 4.28. The highest BCUT2D eigenvalue weighted by Gasteiger charge is 2.31. The Morgan fingerprint density at radius 3 is 2.22 bits per heavy atom. The highest BCUT2D eigenvalue weighted by molar-refractivity contribution is 7.09. The Morgan fingerprint density at radius 1 is 1.06 bits per heavy atom. The first kappa shape index (κ1) is 13.6. The molecular formula is C14H15ClO2S. The Morgan fingerprint density at radius 2 is 1.72 bits per heavy atom. The average molecular weight is 283 g/mol. The second-order valence-electron chi connectivity index (χ2n) is 4.36. The van der Waals surface area contributed by atoms with E-state index in [0.717, 1.165) is 10.4 Å². The van der Waals surface area contributed by atoms with Gasteiger partial charge in [-0.25, -0.2) is 0 Å². The first-order valence-corrected chi connectivity index (χ1v) is 6.96. The minimum Gasteiger partial charge on any atom is -0.395 e. The first-order chi connectivity index (χ1) is 8.70. The molecule has 18 heavy (non-hydrogen) atoms. The van der Waals surface area contributed by atoms with Crippen LogP contribution < -0.4 is 0 Å². The van der Waals surface area contributed by atoms with Crippen LogP contribution in [0.4, 0.5) is 0 Å². The van der Waals surface area contributed by atoms with Crippen LogP contribution in [0.1, 0.15) is 10.4 Å². The van der Waals surface area contributed by atoms with Crippen molar-refractivity contribution in [1.82, 2.24) is 0 Å².